The Morgan fingerprint density at radius 2 is 2.07 bits per heavy atom. The Hall–Kier alpha value is -2.96. The van der Waals surface area contributed by atoms with Crippen LogP contribution in [0.15, 0.2) is 36.7 Å². The molecule has 1 aromatic carbocycles. The summed E-state index contributed by atoms with van der Waals surface area (Å²) in [7, 11) is 1.59. The standard InChI is InChI=1S/C20H23N5O2/c1-27-18-11-17(23-16-10-6-5-9-15(16)18)20(26)21-12-19-24-22-13-25(19)14-7-3-2-4-8-14/h5-6,9-11,13-14H,2-4,7-8,12H2,1H3,(H,21,26). The Bertz CT molecular complexity index is 946. The number of benzene rings is 1. The molecular weight excluding hydrogens is 342 g/mol. The lowest BCUT2D eigenvalue weighted by Gasteiger charge is -2.24. The highest BCUT2D eigenvalue weighted by Crippen LogP contribution is 2.28. The van der Waals surface area contributed by atoms with Gasteiger partial charge >= 0.3 is 0 Å². The molecule has 1 saturated carbocycles. The van der Waals surface area contributed by atoms with Crippen LogP contribution in [0.4, 0.5) is 0 Å². The predicted octanol–water partition coefficient (Wildman–Crippen LogP) is 3.27. The lowest BCUT2D eigenvalue weighted by molar-refractivity contribution is 0.0944. The third kappa shape index (κ3) is 3.63. The molecule has 27 heavy (non-hydrogen) atoms. The van der Waals surface area contributed by atoms with Crippen molar-refractivity contribution in [2.45, 2.75) is 44.7 Å². The number of nitrogens with zero attached hydrogens (tertiary/aromatic N) is 4. The van der Waals surface area contributed by atoms with E-state index >= 15 is 0 Å². The summed E-state index contributed by atoms with van der Waals surface area (Å²) in [4.78, 5) is 17.1. The van der Waals surface area contributed by atoms with Gasteiger partial charge in [0.2, 0.25) is 0 Å². The van der Waals surface area contributed by atoms with Crippen LogP contribution in [-0.2, 0) is 6.54 Å². The Labute approximate surface area is 157 Å². The van der Waals surface area contributed by atoms with Gasteiger partial charge in [-0.2, -0.15) is 0 Å². The van der Waals surface area contributed by atoms with E-state index in [0.29, 0.717) is 24.0 Å². The largest absolute Gasteiger partial charge is 0.496 e. The van der Waals surface area contributed by atoms with E-state index in [1.165, 1.54) is 19.3 Å². The second kappa shape index (κ2) is 7.73. The van der Waals surface area contributed by atoms with Crippen LogP contribution >= 0.6 is 0 Å². The molecule has 0 radical (unpaired) electrons. The number of pyridine rings is 1. The van der Waals surface area contributed by atoms with Gasteiger partial charge < -0.3 is 14.6 Å². The number of aromatic nitrogens is 4. The summed E-state index contributed by atoms with van der Waals surface area (Å²) in [5.74, 6) is 1.16. The van der Waals surface area contributed by atoms with Crippen LogP contribution in [0.1, 0.15) is 54.5 Å². The first kappa shape index (κ1) is 17.5. The van der Waals surface area contributed by atoms with Crippen molar-refractivity contribution in [1.29, 1.82) is 0 Å². The zero-order valence-corrected chi connectivity index (χ0v) is 15.4. The van der Waals surface area contributed by atoms with Crippen molar-refractivity contribution in [2.75, 3.05) is 7.11 Å². The van der Waals surface area contributed by atoms with Crippen LogP contribution in [0.5, 0.6) is 5.75 Å². The van der Waals surface area contributed by atoms with E-state index in [-0.39, 0.29) is 5.91 Å². The van der Waals surface area contributed by atoms with Gasteiger partial charge in [-0.3, -0.25) is 4.79 Å². The van der Waals surface area contributed by atoms with Crippen molar-refractivity contribution >= 4 is 16.8 Å². The van der Waals surface area contributed by atoms with E-state index in [2.05, 4.69) is 25.1 Å². The number of carbonyl (C=O) groups excluding carboxylic acids is 1. The predicted molar refractivity (Wildman–Crippen MR) is 102 cm³/mol. The fourth-order valence-corrected chi connectivity index (χ4v) is 3.74. The Morgan fingerprint density at radius 1 is 1.26 bits per heavy atom. The number of rotatable bonds is 5. The molecule has 7 nitrogen and oxygen atoms in total. The number of carbonyl (C=O) groups is 1. The van der Waals surface area contributed by atoms with Crippen LogP contribution in [0.2, 0.25) is 0 Å². The lowest BCUT2D eigenvalue weighted by atomic mass is 9.95. The Kier molecular flexibility index (Phi) is 5.00. The van der Waals surface area contributed by atoms with Gasteiger partial charge in [0.15, 0.2) is 5.82 Å². The fraction of sp³-hybridized carbons (Fsp3) is 0.400. The minimum Gasteiger partial charge on any atom is -0.496 e. The molecular formula is C20H23N5O2. The van der Waals surface area contributed by atoms with Crippen molar-refractivity contribution in [3.63, 3.8) is 0 Å². The molecule has 4 rings (SSSR count). The molecule has 1 N–H and O–H groups in total. The molecule has 0 bridgehead atoms. The van der Waals surface area contributed by atoms with Crippen LogP contribution in [0.25, 0.3) is 10.9 Å². The van der Waals surface area contributed by atoms with Gasteiger partial charge in [0, 0.05) is 17.5 Å². The maximum atomic E-state index is 12.7. The minimum atomic E-state index is -0.253. The molecule has 1 fully saturated rings. The fourth-order valence-electron chi connectivity index (χ4n) is 3.74. The van der Waals surface area contributed by atoms with Crippen LogP contribution in [0.3, 0.4) is 0 Å². The second-order valence-corrected chi connectivity index (χ2v) is 6.86. The van der Waals surface area contributed by atoms with E-state index in [4.69, 9.17) is 4.74 Å². The quantitative estimate of drug-likeness (QED) is 0.750. The number of nitrogens with one attached hydrogen (secondary N) is 1. The van der Waals surface area contributed by atoms with Crippen molar-refractivity contribution < 1.29 is 9.53 Å². The van der Waals surface area contributed by atoms with Gasteiger partial charge in [-0.1, -0.05) is 31.4 Å². The average Bonchev–Trinajstić information content (AvgIpc) is 3.20. The Balaban J connectivity index is 1.50. The molecule has 2 heterocycles. The first-order chi connectivity index (χ1) is 13.3. The van der Waals surface area contributed by atoms with Crippen molar-refractivity contribution in [3.8, 4) is 5.75 Å². The minimum absolute atomic E-state index is 0.253. The van der Waals surface area contributed by atoms with E-state index in [1.807, 2.05) is 24.3 Å². The summed E-state index contributed by atoms with van der Waals surface area (Å²) >= 11 is 0. The zero-order chi connectivity index (χ0) is 18.6. The number of methoxy groups -OCH3 is 1. The van der Waals surface area contributed by atoms with Crippen molar-refractivity contribution in [1.82, 2.24) is 25.1 Å². The summed E-state index contributed by atoms with van der Waals surface area (Å²) in [5, 5.41) is 12.0. The van der Waals surface area contributed by atoms with Crippen LogP contribution < -0.4 is 10.1 Å². The molecule has 2 aromatic heterocycles. The number of ether oxygens (including phenoxy) is 1. The Morgan fingerprint density at radius 3 is 2.89 bits per heavy atom. The number of hydrogen-bond acceptors (Lipinski definition) is 5. The van der Waals surface area contributed by atoms with Crippen LogP contribution in [0, 0.1) is 0 Å². The molecule has 0 spiro atoms. The summed E-state index contributed by atoms with van der Waals surface area (Å²) in [6.45, 7) is 0.326. The van der Waals surface area contributed by atoms with Gasteiger partial charge in [-0.15, -0.1) is 10.2 Å². The van der Waals surface area contributed by atoms with E-state index in [9.17, 15) is 4.79 Å². The van der Waals surface area contributed by atoms with Gasteiger partial charge in [0.1, 0.15) is 17.8 Å². The smallest absolute Gasteiger partial charge is 0.270 e. The molecule has 1 aliphatic carbocycles. The van der Waals surface area contributed by atoms with E-state index in [1.54, 1.807) is 19.5 Å². The summed E-state index contributed by atoms with van der Waals surface area (Å²) < 4.78 is 7.53. The molecule has 140 valence electrons. The lowest BCUT2D eigenvalue weighted by Crippen LogP contribution is -2.26. The molecule has 1 aliphatic rings. The summed E-state index contributed by atoms with van der Waals surface area (Å²) in [5.41, 5.74) is 1.06. The maximum Gasteiger partial charge on any atom is 0.270 e. The second-order valence-electron chi connectivity index (χ2n) is 6.86. The van der Waals surface area contributed by atoms with E-state index in [0.717, 1.165) is 29.6 Å². The van der Waals surface area contributed by atoms with Crippen LogP contribution in [-0.4, -0.2) is 32.8 Å². The molecule has 3 aromatic rings. The topological polar surface area (TPSA) is 81.9 Å². The van der Waals surface area contributed by atoms with Gasteiger partial charge in [0.05, 0.1) is 19.2 Å². The monoisotopic (exact) mass is 365 g/mol. The third-order valence-corrected chi connectivity index (χ3v) is 5.15. The summed E-state index contributed by atoms with van der Waals surface area (Å²) in [6.07, 6.45) is 7.81. The van der Waals surface area contributed by atoms with Gasteiger partial charge in [-0.05, 0) is 25.0 Å². The normalized spacial score (nSPS) is 15.0. The third-order valence-electron chi connectivity index (χ3n) is 5.15. The van der Waals surface area contributed by atoms with E-state index < -0.39 is 0 Å². The molecule has 1 amide bonds. The zero-order valence-electron chi connectivity index (χ0n) is 15.4. The van der Waals surface area contributed by atoms with Gasteiger partial charge in [0.25, 0.3) is 5.91 Å². The molecule has 0 atom stereocenters. The van der Waals surface area contributed by atoms with Crippen molar-refractivity contribution in [3.05, 3.63) is 48.2 Å². The first-order valence-electron chi connectivity index (χ1n) is 9.36. The number of para-hydroxylation sites is 1. The highest BCUT2D eigenvalue weighted by atomic mass is 16.5. The highest BCUT2D eigenvalue weighted by Gasteiger charge is 2.19. The first-order valence-corrected chi connectivity index (χ1v) is 9.36. The van der Waals surface area contributed by atoms with Gasteiger partial charge in [-0.25, -0.2) is 4.98 Å². The SMILES string of the molecule is COc1cc(C(=O)NCc2nncn2C2CCCCC2)nc2ccccc12. The number of amides is 1. The van der Waals surface area contributed by atoms with Crippen molar-refractivity contribution in [2.24, 2.45) is 0 Å². The molecule has 0 aliphatic heterocycles. The molecule has 7 heteroatoms. The molecule has 0 unspecified atom stereocenters. The number of fused-ring (bicyclic) bond motifs is 1. The number of hydrogen-bond donors (Lipinski definition) is 1. The summed E-state index contributed by atoms with van der Waals surface area (Å²) in [6, 6.07) is 9.71. The average molecular weight is 365 g/mol. The maximum absolute atomic E-state index is 12.7. The molecule has 0 saturated heterocycles. The highest BCUT2D eigenvalue weighted by molar-refractivity contribution is 5.96.